The van der Waals surface area contributed by atoms with E-state index in [4.69, 9.17) is 4.74 Å². The molecule has 1 aromatic carbocycles. The van der Waals surface area contributed by atoms with Gasteiger partial charge in [0.15, 0.2) is 0 Å². The second kappa shape index (κ2) is 7.99. The molecular weight excluding hydrogens is 210 g/mol. The van der Waals surface area contributed by atoms with E-state index >= 15 is 0 Å². The molecule has 0 bridgehead atoms. The zero-order chi connectivity index (χ0) is 13.4. The summed E-state index contributed by atoms with van der Waals surface area (Å²) in [6.07, 6.45) is 1.06. The molecule has 0 N–H and O–H groups in total. The lowest BCUT2D eigenvalue weighted by molar-refractivity contribution is 0.407. The van der Waals surface area contributed by atoms with Crippen molar-refractivity contribution in [2.24, 2.45) is 5.92 Å². The fraction of sp³-hybridized carbons (Fsp3) is 0.600. The van der Waals surface area contributed by atoms with Crippen LogP contribution in [-0.4, -0.2) is 21.2 Å². The van der Waals surface area contributed by atoms with Crippen LogP contribution in [0.4, 0.5) is 5.69 Å². The van der Waals surface area contributed by atoms with Crippen molar-refractivity contribution in [3.8, 4) is 5.75 Å². The van der Waals surface area contributed by atoms with Crippen LogP contribution in [0.25, 0.3) is 0 Å². The van der Waals surface area contributed by atoms with Crippen LogP contribution in [0.5, 0.6) is 5.75 Å². The Balaban J connectivity index is 0.00000121. The highest BCUT2D eigenvalue weighted by Gasteiger charge is 2.07. The highest BCUT2D eigenvalue weighted by molar-refractivity contribution is 5.52. The highest BCUT2D eigenvalue weighted by atomic mass is 16.5. The van der Waals surface area contributed by atoms with Gasteiger partial charge in [0.1, 0.15) is 5.75 Å². The topological polar surface area (TPSA) is 12.5 Å². The van der Waals surface area contributed by atoms with E-state index in [-0.39, 0.29) is 0 Å². The van der Waals surface area contributed by atoms with Crippen LogP contribution in [0.2, 0.25) is 0 Å². The summed E-state index contributed by atoms with van der Waals surface area (Å²) < 4.78 is 5.36. The van der Waals surface area contributed by atoms with Crippen LogP contribution in [0, 0.1) is 5.92 Å². The van der Waals surface area contributed by atoms with Gasteiger partial charge in [-0.15, -0.1) is 0 Å². The van der Waals surface area contributed by atoms with E-state index < -0.39 is 0 Å². The third-order valence-corrected chi connectivity index (χ3v) is 2.41. The highest BCUT2D eigenvalue weighted by Crippen LogP contribution is 2.26. The molecule has 0 aliphatic rings. The smallest absolute Gasteiger partial charge is 0.122 e. The Hall–Kier alpha value is -1.18. The van der Waals surface area contributed by atoms with Gasteiger partial charge in [-0.05, 0) is 36.1 Å². The number of rotatable bonds is 4. The lowest BCUT2D eigenvalue weighted by Gasteiger charge is -2.17. The van der Waals surface area contributed by atoms with E-state index in [1.807, 2.05) is 19.9 Å². The Morgan fingerprint density at radius 1 is 1.18 bits per heavy atom. The normalized spacial score (nSPS) is 9.65. The van der Waals surface area contributed by atoms with Gasteiger partial charge in [0.25, 0.3) is 0 Å². The van der Waals surface area contributed by atoms with E-state index in [0.717, 1.165) is 12.2 Å². The molecule has 0 aliphatic carbocycles. The van der Waals surface area contributed by atoms with Crippen LogP contribution < -0.4 is 9.64 Å². The van der Waals surface area contributed by atoms with Crippen molar-refractivity contribution in [1.82, 2.24) is 0 Å². The first-order chi connectivity index (χ1) is 8.04. The summed E-state index contributed by atoms with van der Waals surface area (Å²) in [4.78, 5) is 2.11. The lowest BCUT2D eigenvalue weighted by Crippen LogP contribution is -2.09. The second-order valence-electron chi connectivity index (χ2n) is 4.49. The van der Waals surface area contributed by atoms with Crippen molar-refractivity contribution in [2.75, 3.05) is 26.1 Å². The van der Waals surface area contributed by atoms with E-state index in [1.165, 1.54) is 11.3 Å². The van der Waals surface area contributed by atoms with Crippen molar-refractivity contribution >= 4 is 5.69 Å². The summed E-state index contributed by atoms with van der Waals surface area (Å²) in [5.41, 5.74) is 2.52. The monoisotopic (exact) mass is 237 g/mol. The molecule has 0 unspecified atom stereocenters. The molecule has 0 saturated heterocycles. The number of hydrogen-bond acceptors (Lipinski definition) is 2. The molecule has 2 nitrogen and oxygen atoms in total. The predicted molar refractivity (Wildman–Crippen MR) is 77.2 cm³/mol. The summed E-state index contributed by atoms with van der Waals surface area (Å²) in [5, 5.41) is 0. The van der Waals surface area contributed by atoms with Crippen molar-refractivity contribution in [3.05, 3.63) is 23.8 Å². The summed E-state index contributed by atoms with van der Waals surface area (Å²) in [6, 6.07) is 6.34. The number of ether oxygens (including phenoxy) is 1. The molecule has 0 radical (unpaired) electrons. The first kappa shape index (κ1) is 15.8. The molecule has 0 saturated carbocycles. The van der Waals surface area contributed by atoms with Crippen molar-refractivity contribution in [1.29, 1.82) is 0 Å². The minimum absolute atomic E-state index is 0.649. The molecule has 0 fully saturated rings. The summed E-state index contributed by atoms with van der Waals surface area (Å²) in [7, 11) is 5.84. The van der Waals surface area contributed by atoms with Gasteiger partial charge in [-0.2, -0.15) is 0 Å². The van der Waals surface area contributed by atoms with E-state index in [1.54, 1.807) is 7.11 Å². The molecular formula is C15H27NO. The average Bonchev–Trinajstić information content (AvgIpc) is 2.30. The molecule has 0 spiro atoms. The number of anilines is 1. The van der Waals surface area contributed by atoms with Gasteiger partial charge in [-0.25, -0.2) is 0 Å². The van der Waals surface area contributed by atoms with Gasteiger partial charge in [-0.1, -0.05) is 27.7 Å². The average molecular weight is 237 g/mol. The molecule has 1 aromatic rings. The zero-order valence-corrected chi connectivity index (χ0v) is 12.4. The standard InChI is InChI=1S/C13H21NO.C2H6/c1-10(2)8-11-9-12(14(3)4)6-7-13(11)15-5;1-2/h6-7,9-10H,8H2,1-5H3;1-2H3. The molecule has 98 valence electrons. The first-order valence-electron chi connectivity index (χ1n) is 6.38. The van der Waals surface area contributed by atoms with Crippen LogP contribution in [0.15, 0.2) is 18.2 Å². The third kappa shape index (κ3) is 5.12. The zero-order valence-electron chi connectivity index (χ0n) is 12.4. The van der Waals surface area contributed by atoms with E-state index in [9.17, 15) is 0 Å². The molecule has 17 heavy (non-hydrogen) atoms. The predicted octanol–water partition coefficient (Wildman–Crippen LogP) is 3.99. The molecule has 0 aliphatic heterocycles. The van der Waals surface area contributed by atoms with Crippen molar-refractivity contribution < 1.29 is 4.74 Å². The van der Waals surface area contributed by atoms with Crippen molar-refractivity contribution in [2.45, 2.75) is 34.1 Å². The molecule has 1 rings (SSSR count). The maximum absolute atomic E-state index is 5.36. The van der Waals surface area contributed by atoms with Gasteiger partial charge in [0.2, 0.25) is 0 Å². The second-order valence-corrected chi connectivity index (χ2v) is 4.49. The van der Waals surface area contributed by atoms with Crippen molar-refractivity contribution in [3.63, 3.8) is 0 Å². The van der Waals surface area contributed by atoms with E-state index in [0.29, 0.717) is 5.92 Å². The van der Waals surface area contributed by atoms with E-state index in [2.05, 4.69) is 45.0 Å². The Bertz CT molecular complexity index is 319. The largest absolute Gasteiger partial charge is 0.496 e. The van der Waals surface area contributed by atoms with Gasteiger partial charge in [-0.3, -0.25) is 0 Å². The Labute approximate surface area is 107 Å². The number of hydrogen-bond donors (Lipinski definition) is 0. The molecule has 0 amide bonds. The minimum Gasteiger partial charge on any atom is -0.496 e. The SMILES string of the molecule is CC.COc1ccc(N(C)C)cc1CC(C)C. The molecule has 0 aromatic heterocycles. The van der Waals surface area contributed by atoms with Crippen LogP contribution in [-0.2, 0) is 6.42 Å². The van der Waals surface area contributed by atoms with Gasteiger partial charge in [0.05, 0.1) is 7.11 Å². The number of methoxy groups -OCH3 is 1. The van der Waals surface area contributed by atoms with Gasteiger partial charge < -0.3 is 9.64 Å². The lowest BCUT2D eigenvalue weighted by atomic mass is 10.0. The van der Waals surface area contributed by atoms with Gasteiger partial charge in [0, 0.05) is 19.8 Å². The van der Waals surface area contributed by atoms with Crippen LogP contribution >= 0.6 is 0 Å². The fourth-order valence-electron chi connectivity index (χ4n) is 1.64. The molecule has 2 heteroatoms. The Morgan fingerprint density at radius 2 is 1.76 bits per heavy atom. The van der Waals surface area contributed by atoms with Crippen LogP contribution in [0.1, 0.15) is 33.3 Å². The minimum atomic E-state index is 0.649. The third-order valence-electron chi connectivity index (χ3n) is 2.41. The number of nitrogens with zero attached hydrogens (tertiary/aromatic N) is 1. The summed E-state index contributed by atoms with van der Waals surface area (Å²) in [5.74, 6) is 1.64. The Morgan fingerprint density at radius 3 is 2.18 bits per heavy atom. The summed E-state index contributed by atoms with van der Waals surface area (Å²) in [6.45, 7) is 8.45. The molecule has 0 heterocycles. The fourth-order valence-corrected chi connectivity index (χ4v) is 1.64. The maximum atomic E-state index is 5.36. The quantitative estimate of drug-likeness (QED) is 0.785. The number of benzene rings is 1. The van der Waals surface area contributed by atoms with Gasteiger partial charge >= 0.3 is 0 Å². The molecule has 0 atom stereocenters. The first-order valence-corrected chi connectivity index (χ1v) is 6.38. The summed E-state index contributed by atoms with van der Waals surface area (Å²) >= 11 is 0. The Kier molecular flexibility index (Phi) is 7.44. The van der Waals surface area contributed by atoms with Crippen LogP contribution in [0.3, 0.4) is 0 Å². The maximum Gasteiger partial charge on any atom is 0.122 e.